The van der Waals surface area contributed by atoms with Crippen LogP contribution in [0, 0.1) is 0 Å². The summed E-state index contributed by atoms with van der Waals surface area (Å²) in [6.45, 7) is 0. The van der Waals surface area contributed by atoms with Gasteiger partial charge in [-0.2, -0.15) is 0 Å². The molecule has 0 N–H and O–H groups in total. The van der Waals surface area contributed by atoms with E-state index in [1.54, 1.807) is 0 Å². The lowest BCUT2D eigenvalue weighted by Crippen LogP contribution is -2.21. The molecule has 246 valence electrons. The summed E-state index contributed by atoms with van der Waals surface area (Å²) in [5, 5.41) is 4.79. The second kappa shape index (κ2) is 12.6. The van der Waals surface area contributed by atoms with Crippen LogP contribution in [-0.2, 0) is 0 Å². The van der Waals surface area contributed by atoms with Crippen LogP contribution in [0.15, 0.2) is 200 Å². The summed E-state index contributed by atoms with van der Waals surface area (Å²) in [5.74, 6) is 1.07. The molecule has 0 spiro atoms. The van der Waals surface area contributed by atoms with Gasteiger partial charge in [0.25, 0.3) is 0 Å². The minimum atomic E-state index is -0.116. The standard InChI is InChI=1S/C50H35NO/c1-3-14-34(15-4-1)37-18-11-19-38(32-37)43-26-13-27-46-47-33-48(44-23-9-10-24-45(44)50(47)52-49(43)46)51(39-20-5-2-6-21-39)40-30-28-36(29-31-40)42-25-12-17-35-16-7-8-22-41(35)42/h1-33,46,49H. The highest BCUT2D eigenvalue weighted by molar-refractivity contribution is 6.04. The molecule has 2 atom stereocenters. The fourth-order valence-electron chi connectivity index (χ4n) is 8.15. The number of rotatable bonds is 6. The quantitative estimate of drug-likeness (QED) is 0.175. The number of anilines is 3. The van der Waals surface area contributed by atoms with Crippen molar-refractivity contribution in [3.63, 3.8) is 0 Å². The Hall–Kier alpha value is -6.64. The fourth-order valence-corrected chi connectivity index (χ4v) is 8.15. The Morgan fingerprint density at radius 2 is 1.10 bits per heavy atom. The highest BCUT2D eigenvalue weighted by atomic mass is 16.5. The summed E-state index contributed by atoms with van der Waals surface area (Å²) in [5.41, 5.74) is 11.8. The van der Waals surface area contributed by atoms with Crippen LogP contribution in [0.4, 0.5) is 17.1 Å². The number of hydrogen-bond donors (Lipinski definition) is 0. The monoisotopic (exact) mass is 665 g/mol. The Morgan fingerprint density at radius 1 is 0.462 bits per heavy atom. The van der Waals surface area contributed by atoms with Crippen LogP contribution < -0.4 is 9.64 Å². The van der Waals surface area contributed by atoms with Crippen molar-refractivity contribution in [2.75, 3.05) is 4.90 Å². The molecule has 8 aromatic carbocycles. The number of hydrogen-bond acceptors (Lipinski definition) is 2. The zero-order chi connectivity index (χ0) is 34.4. The molecule has 2 heteroatoms. The van der Waals surface area contributed by atoms with E-state index in [-0.39, 0.29) is 12.0 Å². The van der Waals surface area contributed by atoms with E-state index in [1.165, 1.54) is 49.7 Å². The summed E-state index contributed by atoms with van der Waals surface area (Å²) >= 11 is 0. The van der Waals surface area contributed by atoms with Gasteiger partial charge in [-0.15, -0.1) is 0 Å². The smallest absolute Gasteiger partial charge is 0.135 e. The van der Waals surface area contributed by atoms with Gasteiger partial charge in [0.05, 0.1) is 5.69 Å². The molecule has 0 saturated heterocycles. The van der Waals surface area contributed by atoms with Crippen LogP contribution in [0.3, 0.4) is 0 Å². The molecule has 2 unspecified atom stereocenters. The minimum absolute atomic E-state index is 0.0881. The van der Waals surface area contributed by atoms with Crippen molar-refractivity contribution in [3.8, 4) is 28.0 Å². The van der Waals surface area contributed by atoms with Crippen molar-refractivity contribution >= 4 is 44.2 Å². The maximum atomic E-state index is 7.04. The van der Waals surface area contributed by atoms with Gasteiger partial charge in [-0.25, -0.2) is 0 Å². The van der Waals surface area contributed by atoms with Gasteiger partial charge in [-0.3, -0.25) is 0 Å². The van der Waals surface area contributed by atoms with Crippen LogP contribution in [0.5, 0.6) is 5.75 Å². The minimum Gasteiger partial charge on any atom is -0.484 e. The van der Waals surface area contributed by atoms with Crippen molar-refractivity contribution in [1.29, 1.82) is 0 Å². The third kappa shape index (κ3) is 5.11. The van der Waals surface area contributed by atoms with E-state index >= 15 is 0 Å². The Labute approximate surface area is 304 Å². The van der Waals surface area contributed by atoms with Crippen molar-refractivity contribution in [3.05, 3.63) is 211 Å². The van der Waals surface area contributed by atoms with Gasteiger partial charge in [-0.05, 0) is 75.0 Å². The normalized spacial score (nSPS) is 15.9. The molecule has 1 aliphatic carbocycles. The molecule has 52 heavy (non-hydrogen) atoms. The van der Waals surface area contributed by atoms with Crippen LogP contribution in [0.25, 0.3) is 49.4 Å². The first-order valence-corrected chi connectivity index (χ1v) is 18.0. The molecule has 0 aromatic heterocycles. The number of fused-ring (bicyclic) bond motifs is 6. The van der Waals surface area contributed by atoms with Gasteiger partial charge in [0.15, 0.2) is 0 Å². The predicted octanol–water partition coefficient (Wildman–Crippen LogP) is 13.3. The Morgan fingerprint density at radius 3 is 1.92 bits per heavy atom. The van der Waals surface area contributed by atoms with Crippen LogP contribution in [0.1, 0.15) is 17.0 Å². The highest BCUT2D eigenvalue weighted by Gasteiger charge is 2.39. The molecule has 1 aliphatic heterocycles. The molecular weight excluding hydrogens is 631 g/mol. The summed E-state index contributed by atoms with van der Waals surface area (Å²) in [7, 11) is 0. The van der Waals surface area contributed by atoms with Crippen LogP contribution in [-0.4, -0.2) is 6.10 Å². The molecular formula is C50H35NO. The van der Waals surface area contributed by atoms with Crippen LogP contribution in [0.2, 0.25) is 0 Å². The van der Waals surface area contributed by atoms with E-state index in [2.05, 4.69) is 205 Å². The second-order valence-electron chi connectivity index (χ2n) is 13.6. The Balaban J connectivity index is 1.08. The van der Waals surface area contributed by atoms with Crippen LogP contribution >= 0.6 is 0 Å². The number of para-hydroxylation sites is 1. The van der Waals surface area contributed by atoms with Gasteiger partial charge in [0.1, 0.15) is 11.9 Å². The first-order valence-electron chi connectivity index (χ1n) is 18.0. The zero-order valence-electron chi connectivity index (χ0n) is 28.6. The maximum absolute atomic E-state index is 7.04. The van der Waals surface area contributed by atoms with Crippen molar-refractivity contribution in [1.82, 2.24) is 0 Å². The van der Waals surface area contributed by atoms with E-state index in [0.717, 1.165) is 33.6 Å². The van der Waals surface area contributed by atoms with E-state index in [0.29, 0.717) is 0 Å². The molecule has 1 heterocycles. The summed E-state index contributed by atoms with van der Waals surface area (Å²) in [6.07, 6.45) is 6.63. The van der Waals surface area contributed by atoms with Gasteiger partial charge in [0.2, 0.25) is 0 Å². The number of ether oxygens (including phenoxy) is 1. The van der Waals surface area contributed by atoms with Crippen molar-refractivity contribution < 1.29 is 4.74 Å². The molecule has 2 aliphatic rings. The topological polar surface area (TPSA) is 12.5 Å². The highest BCUT2D eigenvalue weighted by Crippen LogP contribution is 2.53. The lowest BCUT2D eigenvalue weighted by Gasteiger charge is -2.28. The first kappa shape index (κ1) is 30.2. The largest absolute Gasteiger partial charge is 0.484 e. The number of benzene rings is 8. The molecule has 0 radical (unpaired) electrons. The SMILES string of the molecule is C1=CC2c3cc(N(c4ccccc4)c4ccc(-c5cccc6ccccc56)cc4)c4ccccc4c3OC2C(c2cccc(-c3ccccc3)c2)=C1. The van der Waals surface area contributed by atoms with Gasteiger partial charge in [-0.1, -0.05) is 164 Å². The summed E-state index contributed by atoms with van der Waals surface area (Å²) in [4.78, 5) is 2.40. The molecule has 10 rings (SSSR count). The third-order valence-corrected chi connectivity index (χ3v) is 10.6. The van der Waals surface area contributed by atoms with E-state index < -0.39 is 0 Å². The molecule has 0 amide bonds. The zero-order valence-corrected chi connectivity index (χ0v) is 28.6. The fraction of sp³-hybridized carbons (Fsp3) is 0.0400. The summed E-state index contributed by atoms with van der Waals surface area (Å²) < 4.78 is 7.04. The lowest BCUT2D eigenvalue weighted by atomic mass is 9.83. The average Bonchev–Trinajstić information content (AvgIpc) is 3.61. The number of allylic oxidation sites excluding steroid dienone is 2. The van der Waals surface area contributed by atoms with Crippen molar-refractivity contribution in [2.24, 2.45) is 0 Å². The van der Waals surface area contributed by atoms with E-state index in [1.807, 2.05) is 0 Å². The Bertz CT molecular complexity index is 2650. The van der Waals surface area contributed by atoms with Gasteiger partial charge in [0, 0.05) is 39.2 Å². The molecule has 2 nitrogen and oxygen atoms in total. The first-order chi connectivity index (χ1) is 25.8. The predicted molar refractivity (Wildman–Crippen MR) is 218 cm³/mol. The Kier molecular flexibility index (Phi) is 7.32. The lowest BCUT2D eigenvalue weighted by molar-refractivity contribution is 0.281. The molecule has 8 aromatic rings. The third-order valence-electron chi connectivity index (χ3n) is 10.6. The molecule has 0 fully saturated rings. The van der Waals surface area contributed by atoms with Crippen molar-refractivity contribution in [2.45, 2.75) is 12.0 Å². The molecule has 0 bridgehead atoms. The van der Waals surface area contributed by atoms with Gasteiger partial charge >= 0.3 is 0 Å². The maximum Gasteiger partial charge on any atom is 0.135 e. The van der Waals surface area contributed by atoms with E-state index in [4.69, 9.17) is 4.74 Å². The summed E-state index contributed by atoms with van der Waals surface area (Å²) in [6, 6.07) is 65.4. The van der Waals surface area contributed by atoms with E-state index in [9.17, 15) is 0 Å². The average molecular weight is 666 g/mol. The number of nitrogens with zero attached hydrogens (tertiary/aromatic N) is 1. The van der Waals surface area contributed by atoms with Gasteiger partial charge < -0.3 is 9.64 Å². The molecule has 0 saturated carbocycles. The second-order valence-corrected chi connectivity index (χ2v) is 13.6.